The Bertz CT molecular complexity index is 449. The Morgan fingerprint density at radius 3 is 1.14 bits per heavy atom. The maximum Gasteiger partial charge on any atom is 0.305 e. The fraction of sp³-hybridized carbons (Fsp3) is 0.935. The Balaban J connectivity index is 3.13. The highest BCUT2D eigenvalue weighted by Gasteiger charge is 2.03. The third kappa shape index (κ3) is 30.9. The first-order chi connectivity index (χ1) is 17.2. The van der Waals surface area contributed by atoms with Crippen molar-refractivity contribution in [3.05, 3.63) is 0 Å². The summed E-state index contributed by atoms with van der Waals surface area (Å²) in [5.41, 5.74) is 0. The second-order valence-electron chi connectivity index (χ2n) is 10.6. The van der Waals surface area contributed by atoms with E-state index in [-0.39, 0.29) is 5.97 Å². The molecule has 0 bridgehead atoms. The highest BCUT2D eigenvalue weighted by atomic mass is 16.5. The Hall–Kier alpha value is -1.06. The molecular formula is C31H60O4. The number of hydrogen-bond acceptors (Lipinski definition) is 3. The number of carbonyl (C=O) groups is 2. The summed E-state index contributed by atoms with van der Waals surface area (Å²) in [4.78, 5) is 22.2. The fourth-order valence-electron chi connectivity index (χ4n) is 4.69. The van der Waals surface area contributed by atoms with Crippen LogP contribution in [0.1, 0.15) is 180 Å². The van der Waals surface area contributed by atoms with Gasteiger partial charge >= 0.3 is 11.9 Å². The molecule has 35 heavy (non-hydrogen) atoms. The highest BCUT2D eigenvalue weighted by Crippen LogP contribution is 2.14. The van der Waals surface area contributed by atoms with E-state index in [2.05, 4.69) is 6.92 Å². The number of ether oxygens (including phenoxy) is 1. The Morgan fingerprint density at radius 1 is 0.457 bits per heavy atom. The third-order valence-electron chi connectivity index (χ3n) is 7.03. The van der Waals surface area contributed by atoms with Crippen LogP contribution in [0.4, 0.5) is 0 Å². The summed E-state index contributed by atoms with van der Waals surface area (Å²) in [6.45, 7) is 2.87. The van der Waals surface area contributed by atoms with Gasteiger partial charge in [0.15, 0.2) is 0 Å². The van der Waals surface area contributed by atoms with Crippen molar-refractivity contribution in [2.24, 2.45) is 0 Å². The van der Waals surface area contributed by atoms with Crippen molar-refractivity contribution >= 4 is 11.9 Å². The molecule has 0 atom stereocenters. The van der Waals surface area contributed by atoms with E-state index >= 15 is 0 Å². The molecule has 0 fully saturated rings. The molecule has 0 aliphatic heterocycles. The van der Waals surface area contributed by atoms with Gasteiger partial charge in [0.25, 0.3) is 0 Å². The minimum atomic E-state index is -0.665. The zero-order valence-corrected chi connectivity index (χ0v) is 23.5. The lowest BCUT2D eigenvalue weighted by Gasteiger charge is -2.06. The number of carboxylic acid groups (broad SMARTS) is 1. The van der Waals surface area contributed by atoms with E-state index in [1.54, 1.807) is 0 Å². The van der Waals surface area contributed by atoms with Crippen molar-refractivity contribution in [2.75, 3.05) is 6.61 Å². The lowest BCUT2D eigenvalue weighted by Crippen LogP contribution is -2.05. The molecule has 0 aromatic rings. The van der Waals surface area contributed by atoms with Gasteiger partial charge in [0.2, 0.25) is 0 Å². The average Bonchev–Trinajstić information content (AvgIpc) is 2.84. The monoisotopic (exact) mass is 496 g/mol. The van der Waals surface area contributed by atoms with E-state index in [0.29, 0.717) is 19.4 Å². The minimum absolute atomic E-state index is 0.00341. The van der Waals surface area contributed by atoms with Gasteiger partial charge < -0.3 is 9.84 Å². The molecule has 0 aromatic carbocycles. The summed E-state index contributed by atoms with van der Waals surface area (Å²) in [7, 11) is 0. The molecule has 4 nitrogen and oxygen atoms in total. The van der Waals surface area contributed by atoms with Crippen LogP contribution in [0.3, 0.4) is 0 Å². The smallest absolute Gasteiger partial charge is 0.305 e. The molecule has 0 aliphatic rings. The van der Waals surface area contributed by atoms with Crippen LogP contribution in [0.25, 0.3) is 0 Å². The van der Waals surface area contributed by atoms with Crippen molar-refractivity contribution in [3.63, 3.8) is 0 Å². The summed E-state index contributed by atoms with van der Waals surface area (Å²) in [6, 6.07) is 0. The molecule has 0 aromatic heterocycles. The number of carboxylic acids is 1. The Kier molecular flexibility index (Phi) is 28.3. The second kappa shape index (κ2) is 29.2. The SMILES string of the molecule is CCCCCCCCCCCC(=O)OCCCCCCCCCCCCCCCCCCC(=O)O. The van der Waals surface area contributed by atoms with Crippen molar-refractivity contribution in [3.8, 4) is 0 Å². The molecule has 0 amide bonds. The van der Waals surface area contributed by atoms with Gasteiger partial charge in [0.1, 0.15) is 0 Å². The van der Waals surface area contributed by atoms with Gasteiger partial charge in [-0.2, -0.15) is 0 Å². The van der Waals surface area contributed by atoms with Gasteiger partial charge in [0.05, 0.1) is 6.61 Å². The highest BCUT2D eigenvalue weighted by molar-refractivity contribution is 5.69. The zero-order valence-electron chi connectivity index (χ0n) is 23.5. The zero-order chi connectivity index (χ0) is 25.7. The van der Waals surface area contributed by atoms with Crippen LogP contribution < -0.4 is 0 Å². The number of carbonyl (C=O) groups excluding carboxylic acids is 1. The first kappa shape index (κ1) is 33.9. The van der Waals surface area contributed by atoms with Gasteiger partial charge in [-0.25, -0.2) is 0 Å². The fourth-order valence-corrected chi connectivity index (χ4v) is 4.69. The van der Waals surface area contributed by atoms with Gasteiger partial charge in [0, 0.05) is 12.8 Å². The van der Waals surface area contributed by atoms with Crippen molar-refractivity contribution in [2.45, 2.75) is 180 Å². The van der Waals surface area contributed by atoms with Crippen molar-refractivity contribution in [1.82, 2.24) is 0 Å². The molecule has 0 spiro atoms. The summed E-state index contributed by atoms with van der Waals surface area (Å²) in [5.74, 6) is -0.661. The van der Waals surface area contributed by atoms with Crippen molar-refractivity contribution in [1.29, 1.82) is 0 Å². The number of aliphatic carboxylic acids is 1. The molecule has 4 heteroatoms. The van der Waals surface area contributed by atoms with E-state index < -0.39 is 5.97 Å². The number of hydrogen-bond donors (Lipinski definition) is 1. The summed E-state index contributed by atoms with van der Waals surface area (Å²) in [6.07, 6.45) is 32.4. The first-order valence-electron chi connectivity index (χ1n) is 15.5. The summed E-state index contributed by atoms with van der Waals surface area (Å²) in [5, 5.41) is 8.61. The van der Waals surface area contributed by atoms with Gasteiger partial charge in [-0.3, -0.25) is 9.59 Å². The minimum Gasteiger partial charge on any atom is -0.481 e. The van der Waals surface area contributed by atoms with E-state index in [9.17, 15) is 9.59 Å². The van der Waals surface area contributed by atoms with Gasteiger partial charge in [-0.15, -0.1) is 0 Å². The molecular weight excluding hydrogens is 436 g/mol. The quantitative estimate of drug-likeness (QED) is 0.0826. The average molecular weight is 497 g/mol. The molecule has 1 N–H and O–H groups in total. The molecule has 0 saturated heterocycles. The van der Waals surface area contributed by atoms with Crippen molar-refractivity contribution < 1.29 is 19.4 Å². The molecule has 0 aliphatic carbocycles. The lowest BCUT2D eigenvalue weighted by molar-refractivity contribution is -0.144. The normalized spacial score (nSPS) is 11.1. The standard InChI is InChI=1S/C31H60O4/c1-2-3-4-5-6-15-19-22-25-28-31(34)35-29-26-23-20-17-14-12-10-8-7-9-11-13-16-18-21-24-27-30(32)33/h2-29H2,1H3,(H,32,33). The van der Waals surface area contributed by atoms with E-state index in [1.807, 2.05) is 0 Å². The van der Waals surface area contributed by atoms with Crippen LogP contribution in [0.2, 0.25) is 0 Å². The van der Waals surface area contributed by atoms with Gasteiger partial charge in [-0.05, 0) is 19.3 Å². The molecule has 0 radical (unpaired) electrons. The van der Waals surface area contributed by atoms with Crippen LogP contribution >= 0.6 is 0 Å². The molecule has 0 heterocycles. The number of esters is 1. The van der Waals surface area contributed by atoms with Crippen LogP contribution in [0.15, 0.2) is 0 Å². The maximum atomic E-state index is 11.8. The van der Waals surface area contributed by atoms with Crippen LogP contribution in [0, 0.1) is 0 Å². The number of rotatable bonds is 29. The lowest BCUT2D eigenvalue weighted by atomic mass is 10.0. The number of unbranched alkanes of at least 4 members (excludes halogenated alkanes) is 23. The Labute approximate surface area is 218 Å². The van der Waals surface area contributed by atoms with E-state index in [0.717, 1.165) is 25.7 Å². The largest absolute Gasteiger partial charge is 0.481 e. The molecule has 0 unspecified atom stereocenters. The van der Waals surface area contributed by atoms with Crippen LogP contribution in [0.5, 0.6) is 0 Å². The maximum absolute atomic E-state index is 11.8. The molecule has 0 rings (SSSR count). The predicted molar refractivity (Wildman–Crippen MR) is 149 cm³/mol. The third-order valence-corrected chi connectivity index (χ3v) is 7.03. The van der Waals surface area contributed by atoms with Gasteiger partial charge in [-0.1, -0.05) is 148 Å². The summed E-state index contributed by atoms with van der Waals surface area (Å²) >= 11 is 0. The first-order valence-corrected chi connectivity index (χ1v) is 15.5. The Morgan fingerprint density at radius 2 is 0.771 bits per heavy atom. The van der Waals surface area contributed by atoms with Crippen LogP contribution in [-0.4, -0.2) is 23.7 Å². The second-order valence-corrected chi connectivity index (χ2v) is 10.6. The molecule has 0 saturated carbocycles. The molecule has 208 valence electrons. The van der Waals surface area contributed by atoms with Crippen LogP contribution in [-0.2, 0) is 14.3 Å². The predicted octanol–water partition coefficient (Wildman–Crippen LogP) is 10.2. The van der Waals surface area contributed by atoms with E-state index in [1.165, 1.54) is 135 Å². The van der Waals surface area contributed by atoms with E-state index in [4.69, 9.17) is 9.84 Å². The topological polar surface area (TPSA) is 63.6 Å². The summed E-state index contributed by atoms with van der Waals surface area (Å²) < 4.78 is 5.39.